The van der Waals surface area contributed by atoms with Crippen molar-refractivity contribution < 1.29 is 14.7 Å². The molecule has 0 aliphatic rings. The molecule has 0 unspecified atom stereocenters. The van der Waals surface area contributed by atoms with Crippen LogP contribution in [0.1, 0.15) is 19.4 Å². The van der Waals surface area contributed by atoms with Gasteiger partial charge in [0.05, 0.1) is 13.5 Å². The summed E-state index contributed by atoms with van der Waals surface area (Å²) < 4.78 is 5.10. The minimum absolute atomic E-state index is 0.0826. The SMILES string of the molecule is COc1cccc(CC(=O)NCC(C)(C)/C(N)=N/O)c1. The normalized spacial score (nSPS) is 12.1. The number of methoxy groups -OCH3 is 1. The number of carbonyl (C=O) groups excluding carboxylic acids is 1. The first-order valence-electron chi connectivity index (χ1n) is 6.26. The predicted molar refractivity (Wildman–Crippen MR) is 76.9 cm³/mol. The molecule has 0 aliphatic carbocycles. The zero-order valence-corrected chi connectivity index (χ0v) is 12.0. The first kappa shape index (κ1) is 15.8. The zero-order chi connectivity index (χ0) is 15.2. The number of ether oxygens (including phenoxy) is 1. The van der Waals surface area contributed by atoms with E-state index < -0.39 is 5.41 Å². The highest BCUT2D eigenvalue weighted by atomic mass is 16.5. The van der Waals surface area contributed by atoms with Gasteiger partial charge < -0.3 is 21.0 Å². The molecule has 1 rings (SSSR count). The number of hydrogen-bond donors (Lipinski definition) is 3. The van der Waals surface area contributed by atoms with Gasteiger partial charge in [0.15, 0.2) is 0 Å². The third-order valence-corrected chi connectivity index (χ3v) is 3.03. The van der Waals surface area contributed by atoms with Crippen molar-refractivity contribution in [2.75, 3.05) is 13.7 Å². The fourth-order valence-electron chi connectivity index (χ4n) is 1.58. The molecule has 0 saturated heterocycles. The van der Waals surface area contributed by atoms with Crippen molar-refractivity contribution >= 4 is 11.7 Å². The number of oxime groups is 1. The number of nitrogens with zero attached hydrogens (tertiary/aromatic N) is 1. The summed E-state index contributed by atoms with van der Waals surface area (Å²) in [5, 5.41) is 14.4. The van der Waals surface area contributed by atoms with Crippen LogP contribution in [0.15, 0.2) is 29.4 Å². The molecule has 20 heavy (non-hydrogen) atoms. The quantitative estimate of drug-likeness (QED) is 0.315. The predicted octanol–water partition coefficient (Wildman–Crippen LogP) is 1.13. The van der Waals surface area contributed by atoms with Crippen molar-refractivity contribution in [2.24, 2.45) is 16.3 Å². The average Bonchev–Trinajstić information content (AvgIpc) is 2.44. The van der Waals surface area contributed by atoms with Gasteiger partial charge in [-0.3, -0.25) is 4.79 Å². The molecule has 110 valence electrons. The summed E-state index contributed by atoms with van der Waals surface area (Å²) >= 11 is 0. The maximum absolute atomic E-state index is 11.9. The Bertz CT molecular complexity index is 498. The van der Waals surface area contributed by atoms with Crippen LogP contribution in [0.25, 0.3) is 0 Å². The van der Waals surface area contributed by atoms with E-state index in [9.17, 15) is 4.79 Å². The first-order chi connectivity index (χ1) is 9.39. The largest absolute Gasteiger partial charge is 0.497 e. The van der Waals surface area contributed by atoms with E-state index in [1.807, 2.05) is 24.3 Å². The molecule has 0 radical (unpaired) electrons. The molecule has 0 aromatic heterocycles. The lowest BCUT2D eigenvalue weighted by molar-refractivity contribution is -0.120. The summed E-state index contributed by atoms with van der Waals surface area (Å²) in [6.45, 7) is 3.87. The Hall–Kier alpha value is -2.24. The highest BCUT2D eigenvalue weighted by Gasteiger charge is 2.24. The van der Waals surface area contributed by atoms with E-state index in [-0.39, 0.29) is 18.2 Å². The van der Waals surface area contributed by atoms with E-state index in [1.54, 1.807) is 21.0 Å². The third-order valence-electron chi connectivity index (χ3n) is 3.03. The summed E-state index contributed by atoms with van der Waals surface area (Å²) in [6, 6.07) is 7.33. The molecule has 4 N–H and O–H groups in total. The number of nitrogens with two attached hydrogens (primary N) is 1. The number of rotatable bonds is 6. The van der Waals surface area contributed by atoms with Crippen LogP contribution in [0.4, 0.5) is 0 Å². The first-order valence-corrected chi connectivity index (χ1v) is 6.26. The Labute approximate surface area is 118 Å². The maximum Gasteiger partial charge on any atom is 0.224 e. The van der Waals surface area contributed by atoms with Gasteiger partial charge in [-0.1, -0.05) is 31.1 Å². The lowest BCUT2D eigenvalue weighted by atomic mass is 9.92. The van der Waals surface area contributed by atoms with Crippen LogP contribution in [0.2, 0.25) is 0 Å². The molecule has 0 spiro atoms. The van der Waals surface area contributed by atoms with Gasteiger partial charge in [0.25, 0.3) is 0 Å². The monoisotopic (exact) mass is 279 g/mol. The van der Waals surface area contributed by atoms with Gasteiger partial charge in [0.1, 0.15) is 11.6 Å². The average molecular weight is 279 g/mol. The molecular weight excluding hydrogens is 258 g/mol. The summed E-state index contributed by atoms with van der Waals surface area (Å²) in [6.07, 6.45) is 0.253. The van der Waals surface area contributed by atoms with Crippen molar-refractivity contribution in [3.05, 3.63) is 29.8 Å². The molecular formula is C14H21N3O3. The Kier molecular flexibility index (Phi) is 5.37. The lowest BCUT2D eigenvalue weighted by Crippen LogP contribution is -2.43. The number of amidine groups is 1. The molecule has 0 atom stereocenters. The second kappa shape index (κ2) is 6.79. The van der Waals surface area contributed by atoms with Gasteiger partial charge >= 0.3 is 0 Å². The van der Waals surface area contributed by atoms with E-state index >= 15 is 0 Å². The second-order valence-electron chi connectivity index (χ2n) is 5.17. The summed E-state index contributed by atoms with van der Waals surface area (Å²) in [4.78, 5) is 11.9. The Morgan fingerprint density at radius 3 is 2.80 bits per heavy atom. The molecule has 0 bridgehead atoms. The molecule has 0 heterocycles. The van der Waals surface area contributed by atoms with Crippen LogP contribution < -0.4 is 15.8 Å². The van der Waals surface area contributed by atoms with E-state index in [2.05, 4.69) is 10.5 Å². The number of hydrogen-bond acceptors (Lipinski definition) is 4. The standard InChI is InChI=1S/C14H21N3O3/c1-14(2,13(15)17-19)9-16-12(18)8-10-5-4-6-11(7-10)20-3/h4-7,19H,8-9H2,1-3H3,(H2,15,17)(H,16,18). The Morgan fingerprint density at radius 2 is 2.20 bits per heavy atom. The van der Waals surface area contributed by atoms with Gasteiger partial charge in [-0.2, -0.15) is 0 Å². The van der Waals surface area contributed by atoms with Crippen LogP contribution in [0.5, 0.6) is 5.75 Å². The van der Waals surface area contributed by atoms with Crippen molar-refractivity contribution in [3.8, 4) is 5.75 Å². The molecule has 0 saturated carbocycles. The second-order valence-corrected chi connectivity index (χ2v) is 5.17. The number of carbonyl (C=O) groups is 1. The van der Waals surface area contributed by atoms with E-state index in [4.69, 9.17) is 15.7 Å². The fourth-order valence-corrected chi connectivity index (χ4v) is 1.58. The van der Waals surface area contributed by atoms with Gasteiger partial charge in [-0.25, -0.2) is 0 Å². The molecule has 0 fully saturated rings. The van der Waals surface area contributed by atoms with E-state index in [0.29, 0.717) is 12.3 Å². The Morgan fingerprint density at radius 1 is 1.50 bits per heavy atom. The van der Waals surface area contributed by atoms with Crippen molar-refractivity contribution in [2.45, 2.75) is 20.3 Å². The molecule has 6 nitrogen and oxygen atoms in total. The molecule has 1 amide bonds. The van der Waals surface area contributed by atoms with Crippen LogP contribution in [0, 0.1) is 5.41 Å². The third kappa shape index (κ3) is 4.46. The minimum atomic E-state index is -0.598. The van der Waals surface area contributed by atoms with Gasteiger partial charge in [0.2, 0.25) is 5.91 Å². The summed E-state index contributed by atoms with van der Waals surface area (Å²) in [5.41, 5.74) is 5.83. The van der Waals surface area contributed by atoms with E-state index in [0.717, 1.165) is 5.56 Å². The van der Waals surface area contributed by atoms with Crippen molar-refractivity contribution in [3.63, 3.8) is 0 Å². The number of benzene rings is 1. The van der Waals surface area contributed by atoms with E-state index in [1.165, 1.54) is 0 Å². The van der Waals surface area contributed by atoms with Crippen LogP contribution in [-0.4, -0.2) is 30.6 Å². The van der Waals surface area contributed by atoms with Gasteiger partial charge in [-0.05, 0) is 17.7 Å². The number of amides is 1. The van der Waals surface area contributed by atoms with Crippen molar-refractivity contribution in [1.82, 2.24) is 5.32 Å². The topological polar surface area (TPSA) is 96.9 Å². The van der Waals surface area contributed by atoms with Crippen LogP contribution >= 0.6 is 0 Å². The highest BCUT2D eigenvalue weighted by molar-refractivity contribution is 5.86. The Balaban J connectivity index is 2.56. The van der Waals surface area contributed by atoms with Gasteiger partial charge in [-0.15, -0.1) is 0 Å². The van der Waals surface area contributed by atoms with Crippen molar-refractivity contribution in [1.29, 1.82) is 0 Å². The fraction of sp³-hybridized carbons (Fsp3) is 0.429. The van der Waals surface area contributed by atoms with Crippen LogP contribution in [0.3, 0.4) is 0 Å². The van der Waals surface area contributed by atoms with Crippen LogP contribution in [-0.2, 0) is 11.2 Å². The van der Waals surface area contributed by atoms with Gasteiger partial charge in [0, 0.05) is 12.0 Å². The smallest absolute Gasteiger partial charge is 0.224 e. The molecule has 0 aliphatic heterocycles. The maximum atomic E-state index is 11.9. The lowest BCUT2D eigenvalue weighted by Gasteiger charge is -2.23. The summed E-state index contributed by atoms with van der Waals surface area (Å²) in [7, 11) is 1.58. The minimum Gasteiger partial charge on any atom is -0.497 e. The highest BCUT2D eigenvalue weighted by Crippen LogP contribution is 2.15. The molecule has 1 aromatic carbocycles. The molecule has 1 aromatic rings. The molecule has 6 heteroatoms. The zero-order valence-electron chi connectivity index (χ0n) is 12.0. The summed E-state index contributed by atoms with van der Waals surface area (Å²) in [5.74, 6) is 0.670. The number of nitrogens with one attached hydrogen (secondary N) is 1.